The highest BCUT2D eigenvalue weighted by molar-refractivity contribution is 7.16. The molecule has 4 heterocycles. The summed E-state index contributed by atoms with van der Waals surface area (Å²) < 4.78 is 0. The van der Waals surface area contributed by atoms with Gasteiger partial charge in [-0.1, -0.05) is 6.07 Å². The molecule has 2 aliphatic heterocycles. The Morgan fingerprint density at radius 2 is 2.33 bits per heavy atom. The fourth-order valence-corrected chi connectivity index (χ4v) is 4.43. The van der Waals surface area contributed by atoms with Crippen LogP contribution >= 0.6 is 11.3 Å². The molecule has 1 amide bonds. The molecule has 0 fully saturated rings. The molecule has 0 saturated heterocycles. The van der Waals surface area contributed by atoms with Crippen LogP contribution in [0.25, 0.3) is 0 Å². The summed E-state index contributed by atoms with van der Waals surface area (Å²) in [6, 6.07) is 3.86. The molecule has 0 aliphatic carbocycles. The van der Waals surface area contributed by atoms with Gasteiger partial charge in [0.1, 0.15) is 17.7 Å². The molecule has 6 heteroatoms. The second-order valence-electron chi connectivity index (χ2n) is 5.68. The SMILES string of the molecule is C[NH+]1CCc2c(sc3c2C(=O)N[C@@H](c2cccnc2)N3)C1. The molecule has 2 aromatic heterocycles. The van der Waals surface area contributed by atoms with Gasteiger partial charge in [0, 0.05) is 24.4 Å². The predicted molar refractivity (Wildman–Crippen MR) is 81.5 cm³/mol. The number of amides is 1. The smallest absolute Gasteiger partial charge is 0.256 e. The van der Waals surface area contributed by atoms with Crippen molar-refractivity contribution in [1.29, 1.82) is 0 Å². The number of thiophene rings is 1. The fraction of sp³-hybridized carbons (Fsp3) is 0.333. The predicted octanol–water partition coefficient (Wildman–Crippen LogP) is 0.568. The summed E-state index contributed by atoms with van der Waals surface area (Å²) in [5.74, 6) is 0.0367. The Balaban J connectivity index is 1.71. The van der Waals surface area contributed by atoms with E-state index in [0.29, 0.717) is 0 Å². The number of pyridine rings is 1. The number of hydrogen-bond donors (Lipinski definition) is 3. The third kappa shape index (κ3) is 2.11. The van der Waals surface area contributed by atoms with Gasteiger partial charge in [0.2, 0.25) is 0 Å². The van der Waals surface area contributed by atoms with Crippen molar-refractivity contribution in [3.05, 3.63) is 46.1 Å². The number of rotatable bonds is 1. The molecule has 0 aromatic carbocycles. The zero-order valence-corrected chi connectivity index (χ0v) is 12.6. The first-order valence-electron chi connectivity index (χ1n) is 7.15. The van der Waals surface area contributed by atoms with Crippen molar-refractivity contribution >= 4 is 22.2 Å². The number of carbonyl (C=O) groups excluding carboxylic acids is 1. The molecule has 2 atom stereocenters. The van der Waals surface area contributed by atoms with Gasteiger partial charge in [-0.15, -0.1) is 11.3 Å². The third-order valence-electron chi connectivity index (χ3n) is 4.15. The number of nitrogens with one attached hydrogen (secondary N) is 3. The molecule has 21 heavy (non-hydrogen) atoms. The van der Waals surface area contributed by atoms with E-state index >= 15 is 0 Å². The first-order chi connectivity index (χ1) is 10.2. The monoisotopic (exact) mass is 301 g/mol. The quantitative estimate of drug-likeness (QED) is 0.722. The minimum atomic E-state index is -0.191. The van der Waals surface area contributed by atoms with Crippen molar-refractivity contribution in [2.75, 3.05) is 18.9 Å². The first-order valence-corrected chi connectivity index (χ1v) is 7.97. The van der Waals surface area contributed by atoms with Gasteiger partial charge < -0.3 is 15.5 Å². The van der Waals surface area contributed by atoms with Gasteiger partial charge in [-0.3, -0.25) is 9.78 Å². The third-order valence-corrected chi connectivity index (χ3v) is 5.31. The van der Waals surface area contributed by atoms with Crippen molar-refractivity contribution in [3.8, 4) is 0 Å². The van der Waals surface area contributed by atoms with Crippen molar-refractivity contribution in [2.24, 2.45) is 0 Å². The summed E-state index contributed by atoms with van der Waals surface area (Å²) in [6.07, 6.45) is 4.32. The fourth-order valence-electron chi connectivity index (χ4n) is 3.05. The lowest BCUT2D eigenvalue weighted by atomic mass is 10.0. The highest BCUT2D eigenvalue weighted by atomic mass is 32.1. The van der Waals surface area contributed by atoms with Crippen molar-refractivity contribution in [1.82, 2.24) is 10.3 Å². The molecule has 0 radical (unpaired) electrons. The molecule has 2 aliphatic rings. The Bertz CT molecular complexity index is 697. The lowest BCUT2D eigenvalue weighted by molar-refractivity contribution is -0.895. The van der Waals surface area contributed by atoms with E-state index in [4.69, 9.17) is 0 Å². The number of aromatic nitrogens is 1. The van der Waals surface area contributed by atoms with Crippen LogP contribution in [0.3, 0.4) is 0 Å². The second-order valence-corrected chi connectivity index (χ2v) is 6.78. The maximum absolute atomic E-state index is 12.5. The van der Waals surface area contributed by atoms with Gasteiger partial charge in [-0.2, -0.15) is 0 Å². The van der Waals surface area contributed by atoms with Gasteiger partial charge in [0.25, 0.3) is 5.91 Å². The Morgan fingerprint density at radius 1 is 1.43 bits per heavy atom. The number of quaternary nitrogens is 1. The number of nitrogens with zero attached hydrogens (tertiary/aromatic N) is 1. The number of fused-ring (bicyclic) bond motifs is 3. The molecule has 4 rings (SSSR count). The molecule has 1 unspecified atom stereocenters. The van der Waals surface area contributed by atoms with Gasteiger partial charge >= 0.3 is 0 Å². The molecule has 5 nitrogen and oxygen atoms in total. The number of carbonyl (C=O) groups is 1. The van der Waals surface area contributed by atoms with Crippen LogP contribution in [0.15, 0.2) is 24.5 Å². The normalized spacial score (nSPS) is 23.8. The molecular formula is C15H17N4OS+. The number of hydrogen-bond acceptors (Lipinski definition) is 4. The summed E-state index contributed by atoms with van der Waals surface area (Å²) in [4.78, 5) is 19.5. The summed E-state index contributed by atoms with van der Waals surface area (Å²) >= 11 is 1.73. The maximum atomic E-state index is 12.5. The average molecular weight is 301 g/mol. The Morgan fingerprint density at radius 3 is 3.14 bits per heavy atom. The topological polar surface area (TPSA) is 58.5 Å². The van der Waals surface area contributed by atoms with Crippen LogP contribution in [0.1, 0.15) is 32.5 Å². The summed E-state index contributed by atoms with van der Waals surface area (Å²) in [6.45, 7) is 2.11. The molecule has 3 N–H and O–H groups in total. The van der Waals surface area contributed by atoms with E-state index in [1.54, 1.807) is 23.7 Å². The van der Waals surface area contributed by atoms with Crippen LogP contribution < -0.4 is 15.5 Å². The number of likely N-dealkylation sites (N-methyl/N-ethyl adjacent to an activating group) is 1. The Hall–Kier alpha value is -1.92. The molecule has 0 bridgehead atoms. The molecule has 0 saturated carbocycles. The Kier molecular flexibility index (Phi) is 2.94. The van der Waals surface area contributed by atoms with E-state index in [2.05, 4.69) is 22.7 Å². The highest BCUT2D eigenvalue weighted by Crippen LogP contribution is 2.38. The summed E-state index contributed by atoms with van der Waals surface area (Å²) in [5, 5.41) is 7.51. The lowest BCUT2D eigenvalue weighted by Crippen LogP contribution is -3.08. The largest absolute Gasteiger partial charge is 0.353 e. The lowest BCUT2D eigenvalue weighted by Gasteiger charge is -2.26. The van der Waals surface area contributed by atoms with Crippen LogP contribution in [-0.2, 0) is 13.0 Å². The second kappa shape index (κ2) is 4.82. The number of anilines is 1. The molecule has 108 valence electrons. The van der Waals surface area contributed by atoms with E-state index in [-0.39, 0.29) is 12.1 Å². The zero-order valence-electron chi connectivity index (χ0n) is 11.8. The van der Waals surface area contributed by atoms with Gasteiger partial charge in [-0.05, 0) is 11.6 Å². The van der Waals surface area contributed by atoms with Crippen molar-refractivity contribution in [2.45, 2.75) is 19.1 Å². The van der Waals surface area contributed by atoms with Crippen molar-refractivity contribution in [3.63, 3.8) is 0 Å². The van der Waals surface area contributed by atoms with E-state index < -0.39 is 0 Å². The van der Waals surface area contributed by atoms with Crippen LogP contribution in [0.2, 0.25) is 0 Å². The molecule has 0 spiro atoms. The van der Waals surface area contributed by atoms with E-state index in [1.165, 1.54) is 15.3 Å². The average Bonchev–Trinajstić information content (AvgIpc) is 2.85. The van der Waals surface area contributed by atoms with Gasteiger partial charge in [0.05, 0.1) is 24.0 Å². The maximum Gasteiger partial charge on any atom is 0.256 e. The Labute approximate surface area is 127 Å². The minimum Gasteiger partial charge on any atom is -0.353 e. The van der Waals surface area contributed by atoms with Crippen LogP contribution in [-0.4, -0.2) is 24.5 Å². The van der Waals surface area contributed by atoms with E-state index in [0.717, 1.165) is 35.6 Å². The van der Waals surface area contributed by atoms with Gasteiger partial charge in [0.15, 0.2) is 0 Å². The highest BCUT2D eigenvalue weighted by Gasteiger charge is 2.33. The van der Waals surface area contributed by atoms with E-state index in [9.17, 15) is 4.79 Å². The molecule has 2 aromatic rings. The molecular weight excluding hydrogens is 284 g/mol. The van der Waals surface area contributed by atoms with Crippen LogP contribution in [0.4, 0.5) is 5.00 Å². The van der Waals surface area contributed by atoms with Crippen LogP contribution in [0.5, 0.6) is 0 Å². The van der Waals surface area contributed by atoms with E-state index in [1.807, 2.05) is 12.1 Å². The summed E-state index contributed by atoms with van der Waals surface area (Å²) in [7, 11) is 2.20. The van der Waals surface area contributed by atoms with Crippen molar-refractivity contribution < 1.29 is 9.69 Å². The summed E-state index contributed by atoms with van der Waals surface area (Å²) in [5.41, 5.74) is 3.09. The zero-order chi connectivity index (χ0) is 14.4. The minimum absolute atomic E-state index is 0.0367. The first kappa shape index (κ1) is 12.8. The van der Waals surface area contributed by atoms with Gasteiger partial charge in [-0.25, -0.2) is 0 Å². The van der Waals surface area contributed by atoms with Crippen LogP contribution in [0, 0.1) is 0 Å². The standard InChI is InChI=1S/C15H16N4OS/c1-19-6-4-10-11(8-19)21-15-12(10)14(20)17-13(18-15)9-3-2-5-16-7-9/h2-3,5,7,13,18H,4,6,8H2,1H3,(H,17,20)/p+1/t13-/m1/s1.